The first kappa shape index (κ1) is 14.1. The summed E-state index contributed by atoms with van der Waals surface area (Å²) in [7, 11) is 1.63. The van der Waals surface area contributed by atoms with Gasteiger partial charge in [-0.2, -0.15) is 5.10 Å². The van der Waals surface area contributed by atoms with Crippen LogP contribution in [-0.2, 0) is 13.1 Å². The quantitative estimate of drug-likeness (QED) is 0.877. The summed E-state index contributed by atoms with van der Waals surface area (Å²) in [6.07, 6.45) is 3.89. The molecule has 0 spiro atoms. The first-order valence-electron chi connectivity index (χ1n) is 6.72. The number of aromatic nitrogens is 2. The van der Waals surface area contributed by atoms with Gasteiger partial charge in [0.25, 0.3) is 5.91 Å². The smallest absolute Gasteiger partial charge is 0.251 e. The number of aryl methyl sites for hydroxylation is 2. The number of hydrogen-bond donors (Lipinski definition) is 2. The number of anilines is 1. The molecule has 2 aromatic rings. The number of carbonyl (C=O) groups excluding carboxylic acids is 1. The number of hydrogen-bond acceptors (Lipinski definition) is 3. The normalized spacial score (nSPS) is 10.3. The molecule has 0 saturated carbocycles. The van der Waals surface area contributed by atoms with Crippen molar-refractivity contribution in [2.24, 2.45) is 0 Å². The molecule has 5 heteroatoms. The van der Waals surface area contributed by atoms with E-state index in [1.54, 1.807) is 7.05 Å². The summed E-state index contributed by atoms with van der Waals surface area (Å²) < 4.78 is 1.90. The third-order valence-corrected chi connectivity index (χ3v) is 3.21. The minimum absolute atomic E-state index is 0.0659. The Balaban J connectivity index is 2.04. The van der Waals surface area contributed by atoms with Gasteiger partial charge in [-0.3, -0.25) is 9.48 Å². The Hall–Kier alpha value is -2.30. The van der Waals surface area contributed by atoms with E-state index in [9.17, 15) is 4.79 Å². The van der Waals surface area contributed by atoms with Crippen molar-refractivity contribution < 1.29 is 4.79 Å². The molecule has 5 nitrogen and oxygen atoms in total. The second kappa shape index (κ2) is 6.23. The summed E-state index contributed by atoms with van der Waals surface area (Å²) in [4.78, 5) is 11.5. The van der Waals surface area contributed by atoms with E-state index in [0.717, 1.165) is 29.9 Å². The predicted octanol–water partition coefficient (Wildman–Crippen LogP) is 2.18. The van der Waals surface area contributed by atoms with Gasteiger partial charge in [0.05, 0.1) is 6.20 Å². The van der Waals surface area contributed by atoms with Gasteiger partial charge in [0.1, 0.15) is 0 Å². The number of amides is 1. The Morgan fingerprint density at radius 3 is 2.80 bits per heavy atom. The van der Waals surface area contributed by atoms with Crippen molar-refractivity contribution in [2.45, 2.75) is 26.9 Å². The van der Waals surface area contributed by atoms with E-state index in [4.69, 9.17) is 0 Å². The van der Waals surface area contributed by atoms with Crippen molar-refractivity contribution in [1.82, 2.24) is 15.1 Å². The van der Waals surface area contributed by atoms with Crippen molar-refractivity contribution >= 4 is 11.6 Å². The third-order valence-electron chi connectivity index (χ3n) is 3.21. The number of nitrogens with one attached hydrogen (secondary N) is 2. The molecule has 2 N–H and O–H groups in total. The van der Waals surface area contributed by atoms with Crippen LogP contribution in [0.2, 0.25) is 0 Å². The van der Waals surface area contributed by atoms with Gasteiger partial charge in [-0.15, -0.1) is 0 Å². The zero-order valence-electron chi connectivity index (χ0n) is 12.1. The first-order chi connectivity index (χ1) is 9.63. The van der Waals surface area contributed by atoms with Crippen LogP contribution >= 0.6 is 0 Å². The van der Waals surface area contributed by atoms with E-state index in [2.05, 4.69) is 22.7 Å². The second-order valence-electron chi connectivity index (χ2n) is 4.67. The van der Waals surface area contributed by atoms with Gasteiger partial charge in [0, 0.05) is 43.1 Å². The lowest BCUT2D eigenvalue weighted by Gasteiger charge is -2.10. The molecule has 1 aromatic heterocycles. The Morgan fingerprint density at radius 2 is 2.20 bits per heavy atom. The summed E-state index contributed by atoms with van der Waals surface area (Å²) >= 11 is 0. The van der Waals surface area contributed by atoms with Gasteiger partial charge in [0.15, 0.2) is 0 Å². The maximum Gasteiger partial charge on any atom is 0.251 e. The number of benzene rings is 1. The van der Waals surface area contributed by atoms with Crippen molar-refractivity contribution in [3.05, 3.63) is 47.3 Å². The average molecular weight is 272 g/mol. The van der Waals surface area contributed by atoms with E-state index < -0.39 is 0 Å². The molecule has 0 fully saturated rings. The van der Waals surface area contributed by atoms with Crippen molar-refractivity contribution in [3.63, 3.8) is 0 Å². The molecule has 2 rings (SSSR count). The number of rotatable bonds is 5. The standard InChI is InChI=1S/C15H20N4O/c1-4-19-10-12(9-18-19)8-17-14-6-5-13(7-11(14)2)15(20)16-3/h5-7,9-10,17H,4,8H2,1-3H3,(H,16,20). The van der Waals surface area contributed by atoms with Gasteiger partial charge in [0.2, 0.25) is 0 Å². The highest BCUT2D eigenvalue weighted by atomic mass is 16.1. The highest BCUT2D eigenvalue weighted by Gasteiger charge is 2.06. The molecule has 0 radical (unpaired) electrons. The molecule has 0 aliphatic carbocycles. The average Bonchev–Trinajstić information content (AvgIpc) is 2.93. The summed E-state index contributed by atoms with van der Waals surface area (Å²) in [5.74, 6) is -0.0659. The highest BCUT2D eigenvalue weighted by Crippen LogP contribution is 2.17. The number of nitrogens with zero attached hydrogens (tertiary/aromatic N) is 2. The molecule has 0 atom stereocenters. The topological polar surface area (TPSA) is 59.0 Å². The molecule has 0 saturated heterocycles. The van der Waals surface area contributed by atoms with E-state index >= 15 is 0 Å². The monoisotopic (exact) mass is 272 g/mol. The summed E-state index contributed by atoms with van der Waals surface area (Å²) in [6, 6.07) is 5.64. The minimum atomic E-state index is -0.0659. The van der Waals surface area contributed by atoms with Crippen molar-refractivity contribution in [3.8, 4) is 0 Å². The van der Waals surface area contributed by atoms with E-state index in [-0.39, 0.29) is 5.91 Å². The zero-order chi connectivity index (χ0) is 14.5. The van der Waals surface area contributed by atoms with Crippen LogP contribution in [0.15, 0.2) is 30.6 Å². The van der Waals surface area contributed by atoms with Crippen LogP contribution < -0.4 is 10.6 Å². The Morgan fingerprint density at radius 1 is 1.40 bits per heavy atom. The fraction of sp³-hybridized carbons (Fsp3) is 0.333. The molecular formula is C15H20N4O. The maximum atomic E-state index is 11.5. The molecule has 20 heavy (non-hydrogen) atoms. The Kier molecular flexibility index (Phi) is 4.40. The third kappa shape index (κ3) is 3.17. The first-order valence-corrected chi connectivity index (χ1v) is 6.72. The summed E-state index contributed by atoms with van der Waals surface area (Å²) in [5, 5.41) is 10.2. The lowest BCUT2D eigenvalue weighted by atomic mass is 10.1. The lowest BCUT2D eigenvalue weighted by molar-refractivity contribution is 0.0963. The molecule has 0 unspecified atom stereocenters. The lowest BCUT2D eigenvalue weighted by Crippen LogP contribution is -2.17. The maximum absolute atomic E-state index is 11.5. The SMILES string of the molecule is CCn1cc(CNc2ccc(C(=O)NC)cc2C)cn1. The minimum Gasteiger partial charge on any atom is -0.381 e. The van der Waals surface area contributed by atoms with Gasteiger partial charge in [-0.05, 0) is 37.6 Å². The fourth-order valence-electron chi connectivity index (χ4n) is 2.02. The Labute approximate surface area is 119 Å². The molecule has 1 amide bonds. The van der Waals surface area contributed by atoms with Crippen molar-refractivity contribution in [1.29, 1.82) is 0 Å². The molecule has 1 aromatic carbocycles. The molecule has 1 heterocycles. The van der Waals surface area contributed by atoms with E-state index in [1.807, 2.05) is 42.2 Å². The van der Waals surface area contributed by atoms with Gasteiger partial charge in [-0.1, -0.05) is 0 Å². The van der Waals surface area contributed by atoms with Gasteiger partial charge < -0.3 is 10.6 Å². The Bertz CT molecular complexity index is 604. The van der Waals surface area contributed by atoms with Crippen LogP contribution in [0.3, 0.4) is 0 Å². The van der Waals surface area contributed by atoms with E-state index in [0.29, 0.717) is 5.56 Å². The highest BCUT2D eigenvalue weighted by molar-refractivity contribution is 5.94. The predicted molar refractivity (Wildman–Crippen MR) is 79.8 cm³/mol. The van der Waals surface area contributed by atoms with Gasteiger partial charge >= 0.3 is 0 Å². The summed E-state index contributed by atoms with van der Waals surface area (Å²) in [5.41, 5.74) is 3.90. The molecule has 0 aliphatic heterocycles. The van der Waals surface area contributed by atoms with Crippen LogP contribution in [0.4, 0.5) is 5.69 Å². The van der Waals surface area contributed by atoms with Crippen molar-refractivity contribution in [2.75, 3.05) is 12.4 Å². The van der Waals surface area contributed by atoms with Crippen LogP contribution in [0.25, 0.3) is 0 Å². The summed E-state index contributed by atoms with van der Waals surface area (Å²) in [6.45, 7) is 5.65. The van der Waals surface area contributed by atoms with Crippen LogP contribution in [0.1, 0.15) is 28.4 Å². The molecular weight excluding hydrogens is 252 g/mol. The van der Waals surface area contributed by atoms with Gasteiger partial charge in [-0.25, -0.2) is 0 Å². The molecule has 0 aliphatic rings. The molecule has 106 valence electrons. The van der Waals surface area contributed by atoms with E-state index in [1.165, 1.54) is 0 Å². The fourth-order valence-corrected chi connectivity index (χ4v) is 2.02. The second-order valence-corrected chi connectivity index (χ2v) is 4.67. The van der Waals surface area contributed by atoms with Crippen LogP contribution in [0, 0.1) is 6.92 Å². The number of carbonyl (C=O) groups is 1. The molecule has 0 bridgehead atoms. The zero-order valence-corrected chi connectivity index (χ0v) is 12.1. The largest absolute Gasteiger partial charge is 0.381 e. The van der Waals surface area contributed by atoms with Crippen LogP contribution in [-0.4, -0.2) is 22.7 Å². The van der Waals surface area contributed by atoms with Crippen LogP contribution in [0.5, 0.6) is 0 Å².